The van der Waals surface area contributed by atoms with Crippen molar-refractivity contribution in [2.75, 3.05) is 6.54 Å². The Kier molecular flexibility index (Phi) is 6.40. The molecule has 1 aliphatic rings. The van der Waals surface area contributed by atoms with Gasteiger partial charge in [0.1, 0.15) is 5.82 Å². The minimum atomic E-state index is -0.861. The second kappa shape index (κ2) is 9.11. The first-order valence-corrected chi connectivity index (χ1v) is 11.6. The zero-order valence-electron chi connectivity index (χ0n) is 19.6. The number of halogens is 1. The second-order valence-corrected chi connectivity index (χ2v) is 9.95. The van der Waals surface area contributed by atoms with Crippen molar-refractivity contribution in [1.82, 2.24) is 4.90 Å². The van der Waals surface area contributed by atoms with Crippen molar-refractivity contribution in [3.8, 4) is 11.1 Å². The van der Waals surface area contributed by atoms with E-state index in [1.54, 1.807) is 12.1 Å². The minimum absolute atomic E-state index is 0.0457. The van der Waals surface area contributed by atoms with Crippen molar-refractivity contribution in [3.63, 3.8) is 0 Å². The summed E-state index contributed by atoms with van der Waals surface area (Å²) in [7, 11) is 0. The Balaban J connectivity index is 1.53. The maximum absolute atomic E-state index is 13.4. The summed E-state index contributed by atoms with van der Waals surface area (Å²) in [6, 6.07) is 24.7. The molecule has 1 saturated heterocycles. The predicted octanol–water partition coefficient (Wildman–Crippen LogP) is 6.28. The number of hydrogen-bond donors (Lipinski definition) is 1. The standard InChI is InChI=1S/C29H32FNO2/c1-21(22-9-11-23(12-10-22)24-13-15-26(30)16-14-24)31-18-17-29(19-27(31)32,20-28(2,3)33)25-7-5-4-6-8-25/h4-16,21,33H,17-20H2,1-3H3/t21-,29?/m0/s1. The molecule has 0 aliphatic carbocycles. The number of rotatable bonds is 6. The Hall–Kier alpha value is -2.98. The number of likely N-dealkylation sites (tertiary alicyclic amines) is 1. The van der Waals surface area contributed by atoms with Gasteiger partial charge in [0.25, 0.3) is 0 Å². The van der Waals surface area contributed by atoms with Gasteiger partial charge in [-0.1, -0.05) is 66.7 Å². The van der Waals surface area contributed by atoms with Crippen LogP contribution >= 0.6 is 0 Å². The normalized spacial score (nSPS) is 20.0. The van der Waals surface area contributed by atoms with Crippen molar-refractivity contribution >= 4 is 5.91 Å². The van der Waals surface area contributed by atoms with Gasteiger partial charge in [0.05, 0.1) is 11.6 Å². The van der Waals surface area contributed by atoms with Gasteiger partial charge in [-0.3, -0.25) is 4.79 Å². The molecule has 1 unspecified atom stereocenters. The van der Waals surface area contributed by atoms with E-state index >= 15 is 0 Å². The average molecular weight is 446 g/mol. The molecule has 2 atom stereocenters. The summed E-state index contributed by atoms with van der Waals surface area (Å²) < 4.78 is 13.2. The van der Waals surface area contributed by atoms with Crippen LogP contribution in [0.2, 0.25) is 0 Å². The van der Waals surface area contributed by atoms with Gasteiger partial charge in [0.15, 0.2) is 0 Å². The first kappa shape index (κ1) is 23.2. The highest BCUT2D eigenvalue weighted by molar-refractivity contribution is 5.79. The van der Waals surface area contributed by atoms with Crippen molar-refractivity contribution in [2.45, 2.75) is 57.1 Å². The third-order valence-corrected chi connectivity index (χ3v) is 6.84. The predicted molar refractivity (Wildman–Crippen MR) is 130 cm³/mol. The van der Waals surface area contributed by atoms with Crippen LogP contribution in [0.3, 0.4) is 0 Å². The fourth-order valence-corrected chi connectivity index (χ4v) is 5.24. The number of amides is 1. The molecule has 3 aromatic carbocycles. The molecule has 172 valence electrons. The molecule has 0 spiro atoms. The van der Waals surface area contributed by atoms with Crippen molar-refractivity contribution < 1.29 is 14.3 Å². The van der Waals surface area contributed by atoms with E-state index in [0.29, 0.717) is 19.4 Å². The van der Waals surface area contributed by atoms with Crippen LogP contribution in [-0.2, 0) is 10.2 Å². The smallest absolute Gasteiger partial charge is 0.223 e. The summed E-state index contributed by atoms with van der Waals surface area (Å²) >= 11 is 0. The maximum atomic E-state index is 13.4. The molecular weight excluding hydrogens is 413 g/mol. The first-order valence-electron chi connectivity index (χ1n) is 11.6. The van der Waals surface area contributed by atoms with Gasteiger partial charge in [-0.25, -0.2) is 4.39 Å². The third kappa shape index (κ3) is 5.17. The van der Waals surface area contributed by atoms with Gasteiger partial charge >= 0.3 is 0 Å². The molecule has 0 radical (unpaired) electrons. The summed E-state index contributed by atoms with van der Waals surface area (Å²) in [5.41, 5.74) is 2.95. The van der Waals surface area contributed by atoms with Crippen LogP contribution in [0.4, 0.5) is 4.39 Å². The summed E-state index contributed by atoms with van der Waals surface area (Å²) in [5, 5.41) is 10.6. The van der Waals surface area contributed by atoms with Crippen LogP contribution < -0.4 is 0 Å². The molecule has 4 heteroatoms. The Bertz CT molecular complexity index is 1090. The fraction of sp³-hybridized carbons (Fsp3) is 0.345. The molecule has 1 heterocycles. The molecule has 4 rings (SSSR count). The lowest BCUT2D eigenvalue weighted by atomic mass is 9.66. The SMILES string of the molecule is C[C@@H](c1ccc(-c2ccc(F)cc2)cc1)N1CCC(CC(C)(C)O)(c2ccccc2)CC1=O. The van der Waals surface area contributed by atoms with E-state index in [1.807, 2.05) is 61.2 Å². The van der Waals surface area contributed by atoms with E-state index < -0.39 is 5.60 Å². The zero-order valence-corrected chi connectivity index (χ0v) is 19.6. The van der Waals surface area contributed by atoms with E-state index in [1.165, 1.54) is 12.1 Å². The van der Waals surface area contributed by atoms with Crippen LogP contribution in [0.1, 0.15) is 57.2 Å². The summed E-state index contributed by atoms with van der Waals surface area (Å²) in [5.74, 6) is -0.131. The number of aliphatic hydroxyl groups is 1. The molecule has 1 N–H and O–H groups in total. The average Bonchev–Trinajstić information content (AvgIpc) is 2.79. The number of piperidine rings is 1. The van der Waals surface area contributed by atoms with E-state index in [2.05, 4.69) is 19.1 Å². The highest BCUT2D eigenvalue weighted by atomic mass is 19.1. The molecule has 0 saturated carbocycles. The topological polar surface area (TPSA) is 40.5 Å². The lowest BCUT2D eigenvalue weighted by Gasteiger charge is -2.46. The van der Waals surface area contributed by atoms with Crippen molar-refractivity contribution in [1.29, 1.82) is 0 Å². The largest absolute Gasteiger partial charge is 0.390 e. The molecule has 33 heavy (non-hydrogen) atoms. The Morgan fingerprint density at radius 2 is 1.55 bits per heavy atom. The molecule has 0 bridgehead atoms. The van der Waals surface area contributed by atoms with Crippen molar-refractivity contribution in [2.24, 2.45) is 0 Å². The summed E-state index contributed by atoms with van der Waals surface area (Å²) in [6.45, 7) is 6.35. The highest BCUT2D eigenvalue weighted by Gasteiger charge is 2.44. The van der Waals surface area contributed by atoms with Gasteiger partial charge in [0, 0.05) is 18.4 Å². The molecule has 1 aliphatic heterocycles. The molecule has 3 nitrogen and oxygen atoms in total. The Labute approximate surface area is 195 Å². The number of carbonyl (C=O) groups is 1. The van der Waals surface area contributed by atoms with Crippen LogP contribution in [0, 0.1) is 5.82 Å². The summed E-state index contributed by atoms with van der Waals surface area (Å²) in [4.78, 5) is 15.4. The number of nitrogens with zero attached hydrogens (tertiary/aromatic N) is 1. The van der Waals surface area contributed by atoms with E-state index in [9.17, 15) is 14.3 Å². The summed E-state index contributed by atoms with van der Waals surface area (Å²) in [6.07, 6.45) is 1.74. The van der Waals surface area contributed by atoms with Crippen LogP contribution in [0.5, 0.6) is 0 Å². The monoisotopic (exact) mass is 445 g/mol. The Morgan fingerprint density at radius 1 is 0.970 bits per heavy atom. The second-order valence-electron chi connectivity index (χ2n) is 9.95. The van der Waals surface area contributed by atoms with Crippen LogP contribution in [0.15, 0.2) is 78.9 Å². The molecule has 0 aromatic heterocycles. The van der Waals surface area contributed by atoms with E-state index in [-0.39, 0.29) is 23.2 Å². The third-order valence-electron chi connectivity index (χ3n) is 6.84. The van der Waals surface area contributed by atoms with Gasteiger partial charge in [-0.15, -0.1) is 0 Å². The Morgan fingerprint density at radius 3 is 2.09 bits per heavy atom. The lowest BCUT2D eigenvalue weighted by molar-refractivity contribution is -0.139. The molecule has 1 amide bonds. The van der Waals surface area contributed by atoms with E-state index in [0.717, 1.165) is 28.7 Å². The van der Waals surface area contributed by atoms with Gasteiger partial charge in [-0.05, 0) is 68.0 Å². The van der Waals surface area contributed by atoms with Gasteiger partial charge < -0.3 is 10.0 Å². The van der Waals surface area contributed by atoms with Crippen molar-refractivity contribution in [3.05, 3.63) is 95.8 Å². The number of carbonyl (C=O) groups excluding carboxylic acids is 1. The molecular formula is C29H32FNO2. The van der Waals surface area contributed by atoms with Crippen LogP contribution in [0.25, 0.3) is 11.1 Å². The highest BCUT2D eigenvalue weighted by Crippen LogP contribution is 2.44. The lowest BCUT2D eigenvalue weighted by Crippen LogP contribution is -2.49. The molecule has 3 aromatic rings. The number of hydrogen-bond acceptors (Lipinski definition) is 2. The first-order chi connectivity index (χ1) is 15.7. The van der Waals surface area contributed by atoms with E-state index in [4.69, 9.17) is 0 Å². The molecule has 1 fully saturated rings. The van der Waals surface area contributed by atoms with Gasteiger partial charge in [-0.2, -0.15) is 0 Å². The quantitative estimate of drug-likeness (QED) is 0.485. The van der Waals surface area contributed by atoms with Gasteiger partial charge in [0.2, 0.25) is 5.91 Å². The van der Waals surface area contributed by atoms with Crippen LogP contribution in [-0.4, -0.2) is 28.1 Å². The minimum Gasteiger partial charge on any atom is -0.390 e. The zero-order chi connectivity index (χ0) is 23.6. The fourth-order valence-electron chi connectivity index (χ4n) is 5.24. The number of benzene rings is 3. The maximum Gasteiger partial charge on any atom is 0.223 e.